The minimum absolute atomic E-state index is 0.0937. The molecule has 0 saturated carbocycles. The lowest BCUT2D eigenvalue weighted by Crippen LogP contribution is -2.19. The number of phenolic OH excluding ortho intramolecular Hbond substituents is 2. The zero-order valence-electron chi connectivity index (χ0n) is 19.4. The smallest absolute Gasteiger partial charge is 0.125 e. The first kappa shape index (κ1) is 25.5. The monoisotopic (exact) mass is 410 g/mol. The molecule has 0 saturated heterocycles. The fourth-order valence-corrected chi connectivity index (χ4v) is 2.96. The molecule has 164 valence electrons. The van der Waals surface area contributed by atoms with Crippen LogP contribution in [0.15, 0.2) is 65.3 Å². The molecule has 0 aromatic heterocycles. The number of aliphatic hydroxyl groups is 1. The molecule has 0 spiro atoms. The zero-order valence-corrected chi connectivity index (χ0v) is 19.4. The van der Waals surface area contributed by atoms with Crippen LogP contribution in [0.25, 0.3) is 6.08 Å². The van der Waals surface area contributed by atoms with Gasteiger partial charge < -0.3 is 15.3 Å². The quantitative estimate of drug-likeness (QED) is 0.218. The van der Waals surface area contributed by atoms with Gasteiger partial charge in [-0.05, 0) is 84.9 Å². The van der Waals surface area contributed by atoms with E-state index in [4.69, 9.17) is 0 Å². The van der Waals surface area contributed by atoms with Crippen molar-refractivity contribution in [1.82, 2.24) is 0 Å². The molecule has 0 bridgehead atoms. The van der Waals surface area contributed by atoms with Gasteiger partial charge in [0.15, 0.2) is 0 Å². The predicted molar refractivity (Wildman–Crippen MR) is 129 cm³/mol. The highest BCUT2D eigenvalue weighted by atomic mass is 16.3. The summed E-state index contributed by atoms with van der Waals surface area (Å²) in [5.74, 6) is 0.209. The standard InChI is InChI=1S/C27H38O3/c1-20(2)10-7-11-21(3)12-8-13-22(4)14-9-16-27(6,30)17-15-24-19-25(28)18-23(5)26(24)29/h8,10,12-15,17-19,28-30H,7,9,11,16H2,1-6H3/b13-8?,17-15+,21-12?,22-14?. The Kier molecular flexibility index (Phi) is 10.4. The number of aryl methyl sites for hydroxylation is 1. The van der Waals surface area contributed by atoms with Crippen molar-refractivity contribution >= 4 is 6.08 Å². The Balaban J connectivity index is 2.59. The molecule has 3 N–H and O–H groups in total. The molecule has 1 unspecified atom stereocenters. The van der Waals surface area contributed by atoms with Gasteiger partial charge in [0, 0.05) is 5.56 Å². The summed E-state index contributed by atoms with van der Waals surface area (Å²) in [7, 11) is 0. The van der Waals surface area contributed by atoms with E-state index in [1.807, 2.05) is 0 Å². The van der Waals surface area contributed by atoms with Crippen molar-refractivity contribution in [2.24, 2.45) is 0 Å². The SMILES string of the molecule is CC(C)=CCCC(C)=CC=CC(C)=CCCC(C)(O)/C=C/c1cc(O)cc(C)c1O. The van der Waals surface area contributed by atoms with Crippen LogP contribution >= 0.6 is 0 Å². The summed E-state index contributed by atoms with van der Waals surface area (Å²) in [4.78, 5) is 0. The van der Waals surface area contributed by atoms with Gasteiger partial charge in [-0.15, -0.1) is 0 Å². The van der Waals surface area contributed by atoms with Crippen LogP contribution in [0.1, 0.15) is 71.4 Å². The van der Waals surface area contributed by atoms with E-state index in [1.165, 1.54) is 23.3 Å². The van der Waals surface area contributed by atoms with Crippen molar-refractivity contribution in [3.63, 3.8) is 0 Å². The van der Waals surface area contributed by atoms with E-state index >= 15 is 0 Å². The lowest BCUT2D eigenvalue weighted by molar-refractivity contribution is 0.104. The Hall–Kier alpha value is -2.52. The van der Waals surface area contributed by atoms with Crippen LogP contribution < -0.4 is 0 Å². The van der Waals surface area contributed by atoms with Crippen LogP contribution in [0.2, 0.25) is 0 Å². The van der Waals surface area contributed by atoms with E-state index in [-0.39, 0.29) is 11.5 Å². The molecule has 0 heterocycles. The van der Waals surface area contributed by atoms with Crippen LogP contribution in [0, 0.1) is 6.92 Å². The van der Waals surface area contributed by atoms with Crippen LogP contribution in [0.3, 0.4) is 0 Å². The number of allylic oxidation sites excluding steroid dienone is 8. The van der Waals surface area contributed by atoms with Gasteiger partial charge in [0.1, 0.15) is 11.5 Å². The molecule has 1 aromatic rings. The summed E-state index contributed by atoms with van der Waals surface area (Å²) in [6.45, 7) is 11.9. The third kappa shape index (κ3) is 10.3. The largest absolute Gasteiger partial charge is 0.508 e. The molecule has 3 nitrogen and oxygen atoms in total. The van der Waals surface area contributed by atoms with Gasteiger partial charge in [-0.25, -0.2) is 0 Å². The van der Waals surface area contributed by atoms with E-state index in [0.717, 1.165) is 24.8 Å². The van der Waals surface area contributed by atoms with Crippen LogP contribution in [0.4, 0.5) is 0 Å². The van der Waals surface area contributed by atoms with E-state index in [2.05, 4.69) is 58.1 Å². The van der Waals surface area contributed by atoms with Crippen molar-refractivity contribution in [3.05, 3.63) is 76.4 Å². The number of hydrogen-bond acceptors (Lipinski definition) is 3. The summed E-state index contributed by atoms with van der Waals surface area (Å²) in [5, 5.41) is 30.4. The second-order valence-corrected chi connectivity index (χ2v) is 8.57. The molecule has 0 aliphatic rings. The molecule has 0 amide bonds. The van der Waals surface area contributed by atoms with E-state index in [9.17, 15) is 15.3 Å². The fraction of sp³-hybridized carbons (Fsp3) is 0.407. The number of benzene rings is 1. The summed E-state index contributed by atoms with van der Waals surface area (Å²) < 4.78 is 0. The molecule has 1 atom stereocenters. The first-order chi connectivity index (χ1) is 14.0. The van der Waals surface area contributed by atoms with E-state index in [0.29, 0.717) is 17.5 Å². The first-order valence-corrected chi connectivity index (χ1v) is 10.6. The number of hydrogen-bond donors (Lipinski definition) is 3. The van der Waals surface area contributed by atoms with Crippen LogP contribution in [-0.2, 0) is 0 Å². The summed E-state index contributed by atoms with van der Waals surface area (Å²) >= 11 is 0. The Morgan fingerprint density at radius 1 is 1.03 bits per heavy atom. The minimum atomic E-state index is -1.01. The molecular formula is C27H38O3. The zero-order chi connectivity index (χ0) is 22.7. The summed E-state index contributed by atoms with van der Waals surface area (Å²) in [6, 6.07) is 2.99. The van der Waals surface area contributed by atoms with Crippen molar-refractivity contribution in [3.8, 4) is 11.5 Å². The molecule has 1 aromatic carbocycles. The number of aromatic hydroxyl groups is 2. The average Bonchev–Trinajstić information content (AvgIpc) is 2.63. The molecule has 0 radical (unpaired) electrons. The lowest BCUT2D eigenvalue weighted by atomic mass is 9.97. The van der Waals surface area contributed by atoms with Gasteiger partial charge in [0.05, 0.1) is 5.60 Å². The van der Waals surface area contributed by atoms with E-state index in [1.54, 1.807) is 26.0 Å². The molecule has 0 aliphatic carbocycles. The molecule has 0 aliphatic heterocycles. The third-order valence-corrected chi connectivity index (χ3v) is 4.88. The molecule has 1 rings (SSSR count). The second kappa shape index (κ2) is 12.2. The highest BCUT2D eigenvalue weighted by molar-refractivity contribution is 5.62. The van der Waals surface area contributed by atoms with Gasteiger partial charge in [0.2, 0.25) is 0 Å². The van der Waals surface area contributed by atoms with Gasteiger partial charge in [-0.3, -0.25) is 0 Å². The van der Waals surface area contributed by atoms with Crippen molar-refractivity contribution in [2.75, 3.05) is 0 Å². The molecule has 30 heavy (non-hydrogen) atoms. The highest BCUT2D eigenvalue weighted by Crippen LogP contribution is 2.29. The Labute approximate surface area is 182 Å². The first-order valence-electron chi connectivity index (χ1n) is 10.6. The van der Waals surface area contributed by atoms with Gasteiger partial charge in [-0.2, -0.15) is 0 Å². The maximum atomic E-state index is 10.6. The molecule has 3 heteroatoms. The van der Waals surface area contributed by atoms with Gasteiger partial charge in [0.25, 0.3) is 0 Å². The number of phenols is 2. The van der Waals surface area contributed by atoms with E-state index < -0.39 is 5.60 Å². The van der Waals surface area contributed by atoms with Crippen molar-refractivity contribution in [1.29, 1.82) is 0 Å². The Bertz CT molecular complexity index is 845. The Morgan fingerprint density at radius 3 is 2.40 bits per heavy atom. The Morgan fingerprint density at radius 2 is 1.73 bits per heavy atom. The second-order valence-electron chi connectivity index (χ2n) is 8.57. The van der Waals surface area contributed by atoms with Crippen LogP contribution in [0.5, 0.6) is 11.5 Å². The topological polar surface area (TPSA) is 60.7 Å². The third-order valence-electron chi connectivity index (χ3n) is 4.88. The van der Waals surface area contributed by atoms with Crippen LogP contribution in [-0.4, -0.2) is 20.9 Å². The highest BCUT2D eigenvalue weighted by Gasteiger charge is 2.15. The van der Waals surface area contributed by atoms with Crippen molar-refractivity contribution < 1.29 is 15.3 Å². The maximum Gasteiger partial charge on any atom is 0.125 e. The van der Waals surface area contributed by atoms with Gasteiger partial charge >= 0.3 is 0 Å². The fourth-order valence-electron chi connectivity index (χ4n) is 2.96. The average molecular weight is 411 g/mol. The maximum absolute atomic E-state index is 10.6. The predicted octanol–water partition coefficient (Wildman–Crippen LogP) is 7.15. The summed E-state index contributed by atoms with van der Waals surface area (Å²) in [6.07, 6.45) is 17.5. The lowest BCUT2D eigenvalue weighted by Gasteiger charge is -2.18. The normalized spacial score (nSPS) is 15.0. The number of rotatable bonds is 10. The minimum Gasteiger partial charge on any atom is -0.508 e. The van der Waals surface area contributed by atoms with Crippen molar-refractivity contribution in [2.45, 2.75) is 72.8 Å². The van der Waals surface area contributed by atoms with Gasteiger partial charge in [-0.1, -0.05) is 59.3 Å². The molecular weight excluding hydrogens is 372 g/mol. The molecule has 0 fully saturated rings. The summed E-state index contributed by atoms with van der Waals surface area (Å²) in [5.41, 5.74) is 3.96.